The van der Waals surface area contributed by atoms with E-state index in [0.29, 0.717) is 6.04 Å². The molecule has 2 nitrogen and oxygen atoms in total. The summed E-state index contributed by atoms with van der Waals surface area (Å²) >= 11 is 0. The van der Waals surface area contributed by atoms with Crippen LogP contribution in [0.3, 0.4) is 0 Å². The van der Waals surface area contributed by atoms with Crippen LogP contribution >= 0.6 is 0 Å². The lowest BCUT2D eigenvalue weighted by Crippen LogP contribution is -2.32. The van der Waals surface area contributed by atoms with Gasteiger partial charge in [-0.3, -0.25) is 0 Å². The molecule has 3 heteroatoms. The maximum absolute atomic E-state index is 3.21. The minimum absolute atomic E-state index is 0.514. The molecule has 1 atom stereocenters. The summed E-state index contributed by atoms with van der Waals surface area (Å²) < 4.78 is 0. The SMILES string of the molecule is BN1NC(C)C=C1C. The first-order chi connectivity index (χ1) is 3.70. The van der Waals surface area contributed by atoms with E-state index in [1.807, 2.05) is 12.9 Å². The average Bonchev–Trinajstić information content (AvgIpc) is 1.85. The van der Waals surface area contributed by atoms with Gasteiger partial charge in [-0.05, 0) is 19.9 Å². The molecule has 0 saturated heterocycles. The van der Waals surface area contributed by atoms with E-state index < -0.39 is 0 Å². The Bertz CT molecular complexity index is 122. The Hall–Kier alpha value is -0.435. The van der Waals surface area contributed by atoms with E-state index in [1.165, 1.54) is 5.70 Å². The highest BCUT2D eigenvalue weighted by Crippen LogP contribution is 2.05. The number of hydrogen-bond donors (Lipinski definition) is 1. The maximum atomic E-state index is 3.21. The van der Waals surface area contributed by atoms with Crippen molar-refractivity contribution in [3.05, 3.63) is 11.8 Å². The Morgan fingerprint density at radius 2 is 2.50 bits per heavy atom. The van der Waals surface area contributed by atoms with Crippen LogP contribution < -0.4 is 5.43 Å². The van der Waals surface area contributed by atoms with Crippen LogP contribution in [-0.2, 0) is 0 Å². The van der Waals surface area contributed by atoms with Gasteiger partial charge in [-0.15, -0.1) is 0 Å². The zero-order valence-corrected chi connectivity index (χ0v) is 5.60. The molecule has 1 rings (SSSR count). The lowest BCUT2D eigenvalue weighted by atomic mass is 10.3. The van der Waals surface area contributed by atoms with Gasteiger partial charge in [-0.1, -0.05) is 0 Å². The third-order valence-electron chi connectivity index (χ3n) is 1.42. The predicted octanol–water partition coefficient (Wildman–Crippen LogP) is -0.353. The highest BCUT2D eigenvalue weighted by molar-refractivity contribution is 6.05. The fourth-order valence-corrected chi connectivity index (χ4v) is 0.918. The van der Waals surface area contributed by atoms with Gasteiger partial charge in [0.15, 0.2) is 0 Å². The van der Waals surface area contributed by atoms with Crippen LogP contribution in [0.25, 0.3) is 0 Å². The largest absolute Gasteiger partial charge is 0.365 e. The van der Waals surface area contributed by atoms with Crippen molar-refractivity contribution in [1.82, 2.24) is 10.3 Å². The second kappa shape index (κ2) is 1.82. The van der Waals surface area contributed by atoms with E-state index in [2.05, 4.69) is 25.3 Å². The molecule has 0 saturated carbocycles. The Balaban J connectivity index is 2.59. The summed E-state index contributed by atoms with van der Waals surface area (Å²) in [5.74, 6) is 0. The number of rotatable bonds is 0. The van der Waals surface area contributed by atoms with Crippen molar-refractivity contribution >= 4 is 7.98 Å². The lowest BCUT2D eigenvalue weighted by Gasteiger charge is -2.14. The molecule has 0 spiro atoms. The average molecular weight is 110 g/mol. The molecule has 0 bridgehead atoms. The molecule has 0 aromatic rings. The van der Waals surface area contributed by atoms with Gasteiger partial charge in [0.1, 0.15) is 0 Å². The topological polar surface area (TPSA) is 15.3 Å². The van der Waals surface area contributed by atoms with Gasteiger partial charge in [0.05, 0.1) is 0 Å². The van der Waals surface area contributed by atoms with E-state index in [4.69, 9.17) is 0 Å². The number of hydrogen-bond acceptors (Lipinski definition) is 2. The first kappa shape index (κ1) is 5.70. The standard InChI is InChI=1S/C5H11BN2/c1-4-3-5(2)8(6)7-4/h3-4,7H,6H2,1-2H3. The van der Waals surface area contributed by atoms with E-state index in [-0.39, 0.29) is 0 Å². The minimum atomic E-state index is 0.514. The quantitative estimate of drug-likeness (QED) is 0.428. The van der Waals surface area contributed by atoms with Crippen molar-refractivity contribution in [1.29, 1.82) is 0 Å². The molecule has 0 radical (unpaired) electrons. The fraction of sp³-hybridized carbons (Fsp3) is 0.600. The van der Waals surface area contributed by atoms with Crippen molar-refractivity contribution in [2.75, 3.05) is 0 Å². The van der Waals surface area contributed by atoms with Crippen molar-refractivity contribution in [3.8, 4) is 0 Å². The van der Waals surface area contributed by atoms with E-state index in [9.17, 15) is 0 Å². The Morgan fingerprint density at radius 1 is 1.88 bits per heavy atom. The fourth-order valence-electron chi connectivity index (χ4n) is 0.918. The Morgan fingerprint density at radius 3 is 2.62 bits per heavy atom. The smallest absolute Gasteiger partial charge is 0.239 e. The number of hydrazine groups is 1. The molecule has 1 N–H and O–H groups in total. The van der Waals surface area contributed by atoms with Crippen LogP contribution in [0.2, 0.25) is 0 Å². The highest BCUT2D eigenvalue weighted by atomic mass is 15.5. The van der Waals surface area contributed by atoms with Crippen molar-refractivity contribution in [2.24, 2.45) is 0 Å². The third kappa shape index (κ3) is 0.867. The molecular formula is C5H11BN2. The number of nitrogens with one attached hydrogen (secondary N) is 1. The second-order valence-electron chi connectivity index (χ2n) is 2.28. The summed E-state index contributed by atoms with van der Waals surface area (Å²) in [7, 11) is 2.02. The van der Waals surface area contributed by atoms with Crippen LogP contribution in [-0.4, -0.2) is 18.9 Å². The summed E-state index contributed by atoms with van der Waals surface area (Å²) in [5, 5.41) is 0. The molecule has 0 aromatic heterocycles. The molecule has 1 unspecified atom stereocenters. The molecule has 1 heterocycles. The summed E-state index contributed by atoms with van der Waals surface area (Å²) in [6.07, 6.45) is 2.19. The maximum Gasteiger partial charge on any atom is 0.239 e. The van der Waals surface area contributed by atoms with Gasteiger partial charge < -0.3 is 4.92 Å². The number of allylic oxidation sites excluding steroid dienone is 1. The summed E-state index contributed by atoms with van der Waals surface area (Å²) in [6.45, 7) is 4.23. The van der Waals surface area contributed by atoms with Crippen LogP contribution in [0.5, 0.6) is 0 Å². The zero-order chi connectivity index (χ0) is 6.15. The summed E-state index contributed by atoms with van der Waals surface area (Å²) in [6, 6.07) is 0.514. The first-order valence-corrected chi connectivity index (χ1v) is 2.88. The third-order valence-corrected chi connectivity index (χ3v) is 1.42. The molecule has 8 heavy (non-hydrogen) atoms. The van der Waals surface area contributed by atoms with Gasteiger partial charge in [-0.25, -0.2) is 5.43 Å². The minimum Gasteiger partial charge on any atom is -0.365 e. The predicted molar refractivity (Wildman–Crippen MR) is 36.7 cm³/mol. The van der Waals surface area contributed by atoms with Gasteiger partial charge in [0, 0.05) is 11.7 Å². The van der Waals surface area contributed by atoms with Crippen LogP contribution in [0.15, 0.2) is 11.8 Å². The molecule has 0 aromatic carbocycles. The van der Waals surface area contributed by atoms with Crippen molar-refractivity contribution < 1.29 is 0 Å². The van der Waals surface area contributed by atoms with Gasteiger partial charge >= 0.3 is 0 Å². The molecular weight excluding hydrogens is 98.9 g/mol. The molecule has 0 aliphatic carbocycles. The Labute approximate surface area is 51.0 Å². The summed E-state index contributed by atoms with van der Waals surface area (Å²) in [5.41, 5.74) is 4.51. The Kier molecular flexibility index (Phi) is 1.30. The van der Waals surface area contributed by atoms with E-state index in [0.717, 1.165) is 0 Å². The number of nitrogens with zero attached hydrogens (tertiary/aromatic N) is 1. The molecule has 0 amide bonds. The van der Waals surface area contributed by atoms with Crippen LogP contribution in [0, 0.1) is 0 Å². The van der Waals surface area contributed by atoms with E-state index in [1.54, 1.807) is 0 Å². The first-order valence-electron chi connectivity index (χ1n) is 2.88. The van der Waals surface area contributed by atoms with Crippen LogP contribution in [0.4, 0.5) is 0 Å². The molecule has 1 aliphatic heterocycles. The lowest BCUT2D eigenvalue weighted by molar-refractivity contribution is 0.423. The van der Waals surface area contributed by atoms with Crippen molar-refractivity contribution in [3.63, 3.8) is 0 Å². The van der Waals surface area contributed by atoms with Gasteiger partial charge in [0.25, 0.3) is 0 Å². The monoisotopic (exact) mass is 110 g/mol. The molecule has 1 aliphatic rings. The van der Waals surface area contributed by atoms with Gasteiger partial charge in [-0.2, -0.15) is 0 Å². The molecule has 0 fully saturated rings. The highest BCUT2D eigenvalue weighted by Gasteiger charge is 2.09. The van der Waals surface area contributed by atoms with E-state index >= 15 is 0 Å². The van der Waals surface area contributed by atoms with Crippen molar-refractivity contribution in [2.45, 2.75) is 19.9 Å². The molecule has 44 valence electrons. The second-order valence-corrected chi connectivity index (χ2v) is 2.28. The zero-order valence-electron chi connectivity index (χ0n) is 5.60. The summed E-state index contributed by atoms with van der Waals surface area (Å²) in [4.78, 5) is 2.03. The van der Waals surface area contributed by atoms with Crippen LogP contribution in [0.1, 0.15) is 13.8 Å². The van der Waals surface area contributed by atoms with Gasteiger partial charge in [0.2, 0.25) is 7.98 Å². The normalized spacial score (nSPS) is 28.5.